The fraction of sp³-hybridized carbons (Fsp3) is 0.227. The van der Waals surface area contributed by atoms with Crippen molar-refractivity contribution >= 4 is 23.3 Å². The minimum absolute atomic E-state index is 0.0306. The number of hydrogen-bond acceptors (Lipinski definition) is 4. The zero-order chi connectivity index (χ0) is 20.2. The van der Waals surface area contributed by atoms with Crippen molar-refractivity contribution < 1.29 is 9.18 Å². The molecular weight excluding hydrogens is 391 g/mol. The Balaban J connectivity index is 1.40. The van der Waals surface area contributed by atoms with Crippen molar-refractivity contribution in [2.75, 3.05) is 31.1 Å². The highest BCUT2D eigenvalue weighted by atomic mass is 35.5. The number of benzene rings is 2. The van der Waals surface area contributed by atoms with Crippen molar-refractivity contribution in [2.45, 2.75) is 6.42 Å². The molecule has 4 rings (SSSR count). The zero-order valence-electron chi connectivity index (χ0n) is 15.8. The molecule has 1 aliphatic rings. The van der Waals surface area contributed by atoms with E-state index in [2.05, 4.69) is 14.9 Å². The van der Waals surface area contributed by atoms with Gasteiger partial charge in [0.15, 0.2) is 5.82 Å². The number of amides is 1. The van der Waals surface area contributed by atoms with Crippen LogP contribution in [-0.4, -0.2) is 47.0 Å². The molecule has 2 heterocycles. The summed E-state index contributed by atoms with van der Waals surface area (Å²) in [6.45, 7) is 2.41. The number of anilines is 1. The predicted octanol–water partition coefficient (Wildman–Crippen LogP) is 3.83. The summed E-state index contributed by atoms with van der Waals surface area (Å²) in [6, 6.07) is 16.2. The molecule has 1 amide bonds. The molecule has 0 atom stereocenters. The second kappa shape index (κ2) is 8.57. The quantitative estimate of drug-likeness (QED) is 0.656. The highest BCUT2D eigenvalue weighted by Crippen LogP contribution is 2.22. The van der Waals surface area contributed by atoms with Crippen LogP contribution in [0.1, 0.15) is 5.56 Å². The fourth-order valence-corrected chi connectivity index (χ4v) is 3.63. The number of nitrogens with zero attached hydrogens (tertiary/aromatic N) is 4. The average molecular weight is 411 g/mol. The van der Waals surface area contributed by atoms with Crippen molar-refractivity contribution in [1.82, 2.24) is 14.9 Å². The molecule has 148 valence electrons. The minimum atomic E-state index is -0.445. The van der Waals surface area contributed by atoms with Crippen LogP contribution in [0.2, 0.25) is 5.02 Å². The Kier molecular flexibility index (Phi) is 5.71. The van der Waals surface area contributed by atoms with E-state index in [4.69, 9.17) is 11.6 Å². The highest BCUT2D eigenvalue weighted by Gasteiger charge is 2.23. The van der Waals surface area contributed by atoms with Gasteiger partial charge in [-0.1, -0.05) is 48.0 Å². The average Bonchev–Trinajstić information content (AvgIpc) is 2.77. The Hall–Kier alpha value is -2.99. The van der Waals surface area contributed by atoms with Crippen LogP contribution in [0.4, 0.5) is 10.2 Å². The molecule has 2 aromatic carbocycles. The van der Waals surface area contributed by atoms with Gasteiger partial charge >= 0.3 is 0 Å². The van der Waals surface area contributed by atoms with Crippen LogP contribution < -0.4 is 4.90 Å². The van der Waals surface area contributed by atoms with Gasteiger partial charge in [0.1, 0.15) is 11.6 Å². The van der Waals surface area contributed by atoms with Crippen LogP contribution in [0.3, 0.4) is 0 Å². The minimum Gasteiger partial charge on any atom is -0.353 e. The molecule has 1 saturated heterocycles. The van der Waals surface area contributed by atoms with Gasteiger partial charge in [-0.25, -0.2) is 14.4 Å². The number of aromatic nitrogens is 2. The molecule has 5 nitrogen and oxygen atoms in total. The molecule has 0 spiro atoms. The standard InChI is InChI=1S/C22H20ClFN4O/c23-18-7-4-8-19(24)17(18)15-21(29)28-13-11-27(12-14-28)20-9-10-25-22(26-20)16-5-2-1-3-6-16/h1-10H,11-15H2. The Morgan fingerprint density at radius 1 is 1.00 bits per heavy atom. The molecule has 1 aromatic heterocycles. The van der Waals surface area contributed by atoms with E-state index < -0.39 is 5.82 Å². The Morgan fingerprint density at radius 2 is 1.76 bits per heavy atom. The first-order chi connectivity index (χ1) is 14.1. The molecule has 0 radical (unpaired) electrons. The first-order valence-electron chi connectivity index (χ1n) is 9.46. The van der Waals surface area contributed by atoms with E-state index in [1.807, 2.05) is 36.4 Å². The van der Waals surface area contributed by atoms with Crippen molar-refractivity contribution in [3.63, 3.8) is 0 Å². The molecule has 0 aliphatic carbocycles. The van der Waals surface area contributed by atoms with E-state index in [1.165, 1.54) is 12.1 Å². The molecule has 0 N–H and O–H groups in total. The molecule has 7 heteroatoms. The number of rotatable bonds is 4. The van der Waals surface area contributed by atoms with E-state index in [1.54, 1.807) is 17.2 Å². The maximum absolute atomic E-state index is 14.0. The lowest BCUT2D eigenvalue weighted by atomic mass is 10.1. The van der Waals surface area contributed by atoms with Gasteiger partial charge in [0.25, 0.3) is 0 Å². The van der Waals surface area contributed by atoms with Crippen LogP contribution in [0.15, 0.2) is 60.8 Å². The third kappa shape index (κ3) is 4.38. The summed E-state index contributed by atoms with van der Waals surface area (Å²) >= 11 is 6.05. The van der Waals surface area contributed by atoms with Gasteiger partial charge in [-0.15, -0.1) is 0 Å². The van der Waals surface area contributed by atoms with Gasteiger partial charge in [-0.3, -0.25) is 4.79 Å². The Bertz CT molecular complexity index is 986. The first kappa shape index (κ1) is 19.3. The van der Waals surface area contributed by atoms with Gasteiger partial charge in [0, 0.05) is 48.5 Å². The topological polar surface area (TPSA) is 49.3 Å². The van der Waals surface area contributed by atoms with Gasteiger partial charge in [-0.2, -0.15) is 0 Å². The molecule has 1 aliphatic heterocycles. The van der Waals surface area contributed by atoms with Crippen LogP contribution in [0, 0.1) is 5.82 Å². The molecule has 0 saturated carbocycles. The maximum atomic E-state index is 14.0. The van der Waals surface area contributed by atoms with E-state index >= 15 is 0 Å². The summed E-state index contributed by atoms with van der Waals surface area (Å²) in [4.78, 5) is 25.5. The maximum Gasteiger partial charge on any atom is 0.227 e. The summed E-state index contributed by atoms with van der Waals surface area (Å²) in [5.41, 5.74) is 1.22. The van der Waals surface area contributed by atoms with Crippen molar-refractivity contribution in [1.29, 1.82) is 0 Å². The van der Waals surface area contributed by atoms with Gasteiger partial charge in [0.2, 0.25) is 5.91 Å². The molecule has 0 unspecified atom stereocenters. The largest absolute Gasteiger partial charge is 0.353 e. The SMILES string of the molecule is O=C(Cc1c(F)cccc1Cl)N1CCN(c2ccnc(-c3ccccc3)n2)CC1. The third-order valence-corrected chi connectivity index (χ3v) is 5.37. The van der Waals surface area contributed by atoms with E-state index in [0.717, 1.165) is 11.4 Å². The van der Waals surface area contributed by atoms with Crippen LogP contribution in [-0.2, 0) is 11.2 Å². The zero-order valence-corrected chi connectivity index (χ0v) is 16.5. The predicted molar refractivity (Wildman–Crippen MR) is 111 cm³/mol. The Morgan fingerprint density at radius 3 is 2.48 bits per heavy atom. The normalized spacial score (nSPS) is 14.1. The van der Waals surface area contributed by atoms with E-state index in [9.17, 15) is 9.18 Å². The molecular formula is C22H20ClFN4O. The van der Waals surface area contributed by atoms with E-state index in [0.29, 0.717) is 32.0 Å². The Labute approximate surface area is 173 Å². The smallest absolute Gasteiger partial charge is 0.227 e. The number of hydrogen-bond donors (Lipinski definition) is 0. The molecule has 29 heavy (non-hydrogen) atoms. The highest BCUT2D eigenvalue weighted by molar-refractivity contribution is 6.31. The summed E-state index contributed by atoms with van der Waals surface area (Å²) in [5.74, 6) is 0.946. The van der Waals surface area contributed by atoms with Gasteiger partial charge in [0.05, 0.1) is 6.42 Å². The third-order valence-electron chi connectivity index (χ3n) is 5.02. The molecule has 3 aromatic rings. The van der Waals surface area contributed by atoms with E-state index in [-0.39, 0.29) is 22.9 Å². The molecule has 0 bridgehead atoms. The van der Waals surface area contributed by atoms with Gasteiger partial charge in [-0.05, 0) is 18.2 Å². The lowest BCUT2D eigenvalue weighted by Crippen LogP contribution is -2.49. The lowest BCUT2D eigenvalue weighted by Gasteiger charge is -2.35. The van der Waals surface area contributed by atoms with Crippen molar-refractivity contribution in [2.24, 2.45) is 0 Å². The number of piperazine rings is 1. The number of carbonyl (C=O) groups excluding carboxylic acids is 1. The van der Waals surface area contributed by atoms with Crippen LogP contribution in [0.5, 0.6) is 0 Å². The second-order valence-corrected chi connectivity index (χ2v) is 7.26. The summed E-state index contributed by atoms with van der Waals surface area (Å²) < 4.78 is 14.0. The number of halogens is 2. The fourth-order valence-electron chi connectivity index (χ4n) is 3.40. The summed E-state index contributed by atoms with van der Waals surface area (Å²) in [6.07, 6.45) is 1.72. The van der Waals surface area contributed by atoms with Crippen LogP contribution >= 0.6 is 11.6 Å². The van der Waals surface area contributed by atoms with Gasteiger partial charge < -0.3 is 9.80 Å². The second-order valence-electron chi connectivity index (χ2n) is 6.85. The molecule has 1 fully saturated rings. The summed E-state index contributed by atoms with van der Waals surface area (Å²) in [5, 5.41) is 0.284. The van der Waals surface area contributed by atoms with Crippen LogP contribution in [0.25, 0.3) is 11.4 Å². The lowest BCUT2D eigenvalue weighted by molar-refractivity contribution is -0.130. The summed E-state index contributed by atoms with van der Waals surface area (Å²) in [7, 11) is 0. The first-order valence-corrected chi connectivity index (χ1v) is 9.84. The van der Waals surface area contributed by atoms with Crippen molar-refractivity contribution in [3.05, 3.63) is 77.2 Å². The number of carbonyl (C=O) groups is 1. The monoisotopic (exact) mass is 410 g/mol. The van der Waals surface area contributed by atoms with Crippen molar-refractivity contribution in [3.8, 4) is 11.4 Å².